The van der Waals surface area contributed by atoms with Crippen LogP contribution in [0, 0.1) is 0 Å². The molecule has 0 radical (unpaired) electrons. The van der Waals surface area contributed by atoms with Gasteiger partial charge in [-0.1, -0.05) is 17.7 Å². The topological polar surface area (TPSA) is 77.1 Å². The van der Waals surface area contributed by atoms with E-state index in [-0.39, 0.29) is 12.5 Å². The SMILES string of the molecule is CCOc1cc2c(cc1/C=C1/NC(=O)N(c3cccc(Cl)c3)C1=O)OCO2. The Morgan fingerprint density at radius 2 is 2.00 bits per heavy atom. The predicted octanol–water partition coefficient (Wildman–Crippen LogP) is 3.56. The van der Waals surface area contributed by atoms with Crippen LogP contribution in [0.1, 0.15) is 12.5 Å². The number of nitrogens with zero attached hydrogens (tertiary/aromatic N) is 1. The molecule has 8 heteroatoms. The minimum Gasteiger partial charge on any atom is -0.493 e. The molecule has 0 bridgehead atoms. The summed E-state index contributed by atoms with van der Waals surface area (Å²) >= 11 is 5.97. The highest BCUT2D eigenvalue weighted by Gasteiger charge is 2.35. The summed E-state index contributed by atoms with van der Waals surface area (Å²) < 4.78 is 16.4. The van der Waals surface area contributed by atoms with Crippen LogP contribution >= 0.6 is 11.6 Å². The number of carbonyl (C=O) groups is 2. The van der Waals surface area contributed by atoms with Gasteiger partial charge in [-0.2, -0.15) is 0 Å². The van der Waals surface area contributed by atoms with Crippen LogP contribution < -0.4 is 24.4 Å². The summed E-state index contributed by atoms with van der Waals surface area (Å²) in [6, 6.07) is 9.39. The van der Waals surface area contributed by atoms with Gasteiger partial charge in [0.25, 0.3) is 5.91 Å². The first-order valence-corrected chi connectivity index (χ1v) is 8.63. The number of hydrogen-bond acceptors (Lipinski definition) is 5. The highest BCUT2D eigenvalue weighted by molar-refractivity contribution is 6.32. The zero-order valence-corrected chi connectivity index (χ0v) is 15.1. The summed E-state index contributed by atoms with van der Waals surface area (Å²) in [6.07, 6.45) is 1.55. The number of urea groups is 1. The monoisotopic (exact) mass is 386 g/mol. The van der Waals surface area contributed by atoms with E-state index in [9.17, 15) is 9.59 Å². The zero-order chi connectivity index (χ0) is 19.0. The largest absolute Gasteiger partial charge is 0.493 e. The number of fused-ring (bicyclic) bond motifs is 1. The van der Waals surface area contributed by atoms with Gasteiger partial charge in [-0.15, -0.1) is 0 Å². The lowest BCUT2D eigenvalue weighted by atomic mass is 10.1. The molecule has 4 rings (SSSR count). The Morgan fingerprint density at radius 1 is 1.22 bits per heavy atom. The molecule has 3 amide bonds. The van der Waals surface area contributed by atoms with E-state index in [4.69, 9.17) is 25.8 Å². The Bertz CT molecular complexity index is 973. The number of anilines is 1. The molecule has 7 nitrogen and oxygen atoms in total. The number of ether oxygens (including phenoxy) is 3. The molecule has 0 aliphatic carbocycles. The normalized spacial score (nSPS) is 16.8. The van der Waals surface area contributed by atoms with Gasteiger partial charge in [-0.3, -0.25) is 4.79 Å². The molecule has 0 saturated carbocycles. The third kappa shape index (κ3) is 3.17. The van der Waals surface area contributed by atoms with Crippen molar-refractivity contribution in [2.75, 3.05) is 18.3 Å². The number of carbonyl (C=O) groups excluding carboxylic acids is 2. The molecule has 1 saturated heterocycles. The summed E-state index contributed by atoms with van der Waals surface area (Å²) in [5.41, 5.74) is 1.11. The third-order valence-electron chi connectivity index (χ3n) is 4.05. The lowest BCUT2D eigenvalue weighted by Crippen LogP contribution is -2.30. The Kier molecular flexibility index (Phi) is 4.37. The minimum absolute atomic E-state index is 0.124. The van der Waals surface area contributed by atoms with Crippen molar-refractivity contribution in [3.8, 4) is 17.2 Å². The first-order valence-electron chi connectivity index (χ1n) is 8.26. The second-order valence-electron chi connectivity index (χ2n) is 5.78. The summed E-state index contributed by atoms with van der Waals surface area (Å²) in [5.74, 6) is 1.16. The van der Waals surface area contributed by atoms with Crippen molar-refractivity contribution in [2.24, 2.45) is 0 Å². The Hall–Kier alpha value is -3.19. The first-order chi connectivity index (χ1) is 13.1. The van der Waals surface area contributed by atoms with Gasteiger partial charge >= 0.3 is 6.03 Å². The van der Waals surface area contributed by atoms with Crippen LogP contribution in [0.5, 0.6) is 17.2 Å². The van der Waals surface area contributed by atoms with Crippen LogP contribution in [0.25, 0.3) is 6.08 Å². The molecule has 27 heavy (non-hydrogen) atoms. The van der Waals surface area contributed by atoms with Gasteiger partial charge in [-0.05, 0) is 37.3 Å². The fourth-order valence-electron chi connectivity index (χ4n) is 2.87. The van der Waals surface area contributed by atoms with Crippen molar-refractivity contribution in [3.05, 3.63) is 52.7 Å². The number of rotatable bonds is 4. The standard InChI is InChI=1S/C19H15ClN2O5/c1-2-25-15-9-17-16(26-10-27-17)7-11(15)6-14-18(23)22(19(24)21-14)13-5-3-4-12(20)8-13/h3-9H,2,10H2,1H3,(H,21,24)/b14-6+. The summed E-state index contributed by atoms with van der Waals surface area (Å²) in [4.78, 5) is 26.1. The van der Waals surface area contributed by atoms with E-state index in [2.05, 4.69) is 5.32 Å². The molecule has 0 aromatic heterocycles. The van der Waals surface area contributed by atoms with Gasteiger partial charge in [-0.25, -0.2) is 9.69 Å². The molecule has 2 aromatic carbocycles. The Labute approximate surface area is 160 Å². The van der Waals surface area contributed by atoms with Gasteiger partial charge < -0.3 is 19.5 Å². The highest BCUT2D eigenvalue weighted by atomic mass is 35.5. The number of amides is 3. The Balaban J connectivity index is 1.71. The number of nitrogens with one attached hydrogen (secondary N) is 1. The molecule has 2 aromatic rings. The first kappa shape index (κ1) is 17.2. The van der Waals surface area contributed by atoms with Gasteiger partial charge in [0.05, 0.1) is 12.3 Å². The van der Waals surface area contributed by atoms with Crippen molar-refractivity contribution in [3.63, 3.8) is 0 Å². The average Bonchev–Trinajstić information content (AvgIpc) is 3.19. The molecule has 0 atom stereocenters. The second-order valence-corrected chi connectivity index (χ2v) is 6.22. The minimum atomic E-state index is -0.549. The molecule has 0 unspecified atom stereocenters. The van der Waals surface area contributed by atoms with Gasteiger partial charge in [0.2, 0.25) is 6.79 Å². The van der Waals surface area contributed by atoms with Crippen molar-refractivity contribution in [2.45, 2.75) is 6.92 Å². The highest BCUT2D eigenvalue weighted by Crippen LogP contribution is 2.39. The smallest absolute Gasteiger partial charge is 0.333 e. The number of imide groups is 1. The van der Waals surface area contributed by atoms with Crippen molar-refractivity contribution in [1.29, 1.82) is 0 Å². The van der Waals surface area contributed by atoms with Crippen LogP contribution in [0.3, 0.4) is 0 Å². The maximum Gasteiger partial charge on any atom is 0.333 e. The fraction of sp³-hybridized carbons (Fsp3) is 0.158. The average molecular weight is 387 g/mol. The van der Waals surface area contributed by atoms with Crippen molar-refractivity contribution < 1.29 is 23.8 Å². The van der Waals surface area contributed by atoms with Gasteiger partial charge in [0, 0.05) is 16.7 Å². The molecule has 138 valence electrons. The van der Waals surface area contributed by atoms with Crippen molar-refractivity contribution in [1.82, 2.24) is 5.32 Å². The molecule has 1 N–H and O–H groups in total. The van der Waals surface area contributed by atoms with Gasteiger partial charge in [0.15, 0.2) is 11.5 Å². The van der Waals surface area contributed by atoms with Gasteiger partial charge in [0.1, 0.15) is 11.4 Å². The quantitative estimate of drug-likeness (QED) is 0.642. The molecular weight excluding hydrogens is 372 g/mol. The fourth-order valence-corrected chi connectivity index (χ4v) is 3.06. The van der Waals surface area contributed by atoms with E-state index in [1.165, 1.54) is 0 Å². The van der Waals surface area contributed by atoms with Crippen LogP contribution in [0.15, 0.2) is 42.1 Å². The van der Waals surface area contributed by atoms with E-state index in [1.807, 2.05) is 6.92 Å². The number of hydrogen-bond donors (Lipinski definition) is 1. The van der Waals surface area contributed by atoms with E-state index in [0.717, 1.165) is 4.90 Å². The molecule has 0 spiro atoms. The van der Waals surface area contributed by atoms with E-state index < -0.39 is 11.9 Å². The lowest BCUT2D eigenvalue weighted by Gasteiger charge is -2.12. The maximum absolute atomic E-state index is 12.8. The van der Waals surface area contributed by atoms with Crippen LogP contribution in [0.4, 0.5) is 10.5 Å². The van der Waals surface area contributed by atoms with E-state index >= 15 is 0 Å². The van der Waals surface area contributed by atoms with Crippen LogP contribution in [-0.2, 0) is 4.79 Å². The number of halogens is 1. The third-order valence-corrected chi connectivity index (χ3v) is 4.28. The van der Waals surface area contributed by atoms with E-state index in [0.29, 0.717) is 40.1 Å². The summed E-state index contributed by atoms with van der Waals surface area (Å²) in [6.45, 7) is 2.41. The summed E-state index contributed by atoms with van der Waals surface area (Å²) in [5, 5.41) is 3.02. The van der Waals surface area contributed by atoms with E-state index in [1.54, 1.807) is 42.5 Å². The zero-order valence-electron chi connectivity index (χ0n) is 14.3. The molecular formula is C19H15ClN2O5. The molecule has 2 heterocycles. The van der Waals surface area contributed by atoms with Crippen LogP contribution in [-0.4, -0.2) is 25.3 Å². The summed E-state index contributed by atoms with van der Waals surface area (Å²) in [7, 11) is 0. The maximum atomic E-state index is 12.8. The second kappa shape index (κ2) is 6.85. The molecule has 1 fully saturated rings. The molecule has 2 aliphatic rings. The number of benzene rings is 2. The van der Waals surface area contributed by atoms with Crippen LogP contribution in [0.2, 0.25) is 5.02 Å². The Morgan fingerprint density at radius 3 is 2.74 bits per heavy atom. The predicted molar refractivity (Wildman–Crippen MR) is 99.2 cm³/mol. The van der Waals surface area contributed by atoms with Crippen molar-refractivity contribution >= 4 is 35.3 Å². The molecule has 2 aliphatic heterocycles. The lowest BCUT2D eigenvalue weighted by molar-refractivity contribution is -0.113.